The molecule has 0 aliphatic rings. The Bertz CT molecular complexity index is 648. The molecule has 0 aromatic carbocycles. The third-order valence-corrected chi connectivity index (χ3v) is 3.19. The van der Waals surface area contributed by atoms with Crippen LogP contribution in [0.15, 0.2) is 11.1 Å². The normalized spacial score (nSPS) is 12.8. The molecule has 0 saturated heterocycles. The van der Waals surface area contributed by atoms with E-state index in [-0.39, 0.29) is 18.1 Å². The van der Waals surface area contributed by atoms with Gasteiger partial charge in [-0.15, -0.1) is 0 Å². The van der Waals surface area contributed by atoms with Crippen LogP contribution in [0.3, 0.4) is 0 Å². The highest BCUT2D eigenvalue weighted by molar-refractivity contribution is 5.71. The lowest BCUT2D eigenvalue weighted by Gasteiger charge is -2.14. The SMILES string of the molecule is CNc1nc2c(ncn2C[C@H](CO)COC)c(=O)n1C. The molecule has 2 rings (SSSR count). The topological polar surface area (TPSA) is 94.2 Å². The average Bonchev–Trinajstić information content (AvgIpc) is 2.85. The molecule has 0 bridgehead atoms. The van der Waals surface area contributed by atoms with Gasteiger partial charge in [-0.05, 0) is 0 Å². The van der Waals surface area contributed by atoms with E-state index in [1.807, 2.05) is 0 Å². The fourth-order valence-electron chi connectivity index (χ4n) is 2.11. The summed E-state index contributed by atoms with van der Waals surface area (Å²) in [7, 11) is 4.93. The Hall–Kier alpha value is -1.93. The summed E-state index contributed by atoms with van der Waals surface area (Å²) in [5, 5.41) is 12.2. The molecule has 2 N–H and O–H groups in total. The number of aliphatic hydroxyl groups excluding tert-OH is 1. The Labute approximate surface area is 116 Å². The predicted octanol–water partition coefficient (Wildman–Crippen LogP) is -0.573. The number of fused-ring (bicyclic) bond motifs is 1. The van der Waals surface area contributed by atoms with Crippen molar-refractivity contribution < 1.29 is 9.84 Å². The van der Waals surface area contributed by atoms with Crippen LogP contribution >= 0.6 is 0 Å². The molecule has 0 radical (unpaired) electrons. The van der Waals surface area contributed by atoms with Crippen molar-refractivity contribution in [1.29, 1.82) is 0 Å². The maximum Gasteiger partial charge on any atom is 0.282 e. The van der Waals surface area contributed by atoms with E-state index in [0.717, 1.165) is 0 Å². The van der Waals surface area contributed by atoms with Gasteiger partial charge in [0.1, 0.15) is 0 Å². The summed E-state index contributed by atoms with van der Waals surface area (Å²) in [5.74, 6) is 0.401. The van der Waals surface area contributed by atoms with Crippen LogP contribution in [0.1, 0.15) is 0 Å². The number of imidazole rings is 1. The molecule has 0 unspecified atom stereocenters. The van der Waals surface area contributed by atoms with Crippen molar-refractivity contribution in [3.63, 3.8) is 0 Å². The molecule has 0 saturated carbocycles. The van der Waals surface area contributed by atoms with Crippen LogP contribution in [-0.4, -0.2) is 51.6 Å². The van der Waals surface area contributed by atoms with Crippen molar-refractivity contribution in [2.75, 3.05) is 32.7 Å². The second-order valence-electron chi connectivity index (χ2n) is 4.62. The highest BCUT2D eigenvalue weighted by Gasteiger charge is 2.15. The Morgan fingerprint density at radius 3 is 2.90 bits per heavy atom. The third-order valence-electron chi connectivity index (χ3n) is 3.19. The minimum Gasteiger partial charge on any atom is -0.396 e. The van der Waals surface area contributed by atoms with Gasteiger partial charge in [-0.3, -0.25) is 9.36 Å². The van der Waals surface area contributed by atoms with Crippen molar-refractivity contribution in [2.45, 2.75) is 6.54 Å². The summed E-state index contributed by atoms with van der Waals surface area (Å²) in [6.45, 7) is 0.918. The molecule has 8 nitrogen and oxygen atoms in total. The van der Waals surface area contributed by atoms with E-state index in [1.54, 1.807) is 32.1 Å². The van der Waals surface area contributed by atoms with Crippen molar-refractivity contribution in [2.24, 2.45) is 13.0 Å². The molecule has 1 atom stereocenters. The molecule has 20 heavy (non-hydrogen) atoms. The van der Waals surface area contributed by atoms with Gasteiger partial charge in [-0.2, -0.15) is 4.98 Å². The van der Waals surface area contributed by atoms with Crippen LogP contribution in [-0.2, 0) is 18.3 Å². The van der Waals surface area contributed by atoms with Gasteiger partial charge in [0.25, 0.3) is 5.56 Å². The Morgan fingerprint density at radius 1 is 1.55 bits per heavy atom. The lowest BCUT2D eigenvalue weighted by molar-refractivity contribution is 0.101. The highest BCUT2D eigenvalue weighted by Crippen LogP contribution is 2.12. The van der Waals surface area contributed by atoms with Gasteiger partial charge >= 0.3 is 0 Å². The van der Waals surface area contributed by atoms with Crippen molar-refractivity contribution in [3.8, 4) is 0 Å². The quantitative estimate of drug-likeness (QED) is 0.736. The number of ether oxygens (including phenoxy) is 1. The van der Waals surface area contributed by atoms with Crippen LogP contribution in [0.4, 0.5) is 5.95 Å². The van der Waals surface area contributed by atoms with Gasteiger partial charge in [0.05, 0.1) is 12.9 Å². The van der Waals surface area contributed by atoms with Crippen molar-refractivity contribution in [1.82, 2.24) is 19.1 Å². The molecular weight excluding hydrogens is 262 g/mol. The van der Waals surface area contributed by atoms with Gasteiger partial charge in [-0.1, -0.05) is 0 Å². The highest BCUT2D eigenvalue weighted by atomic mass is 16.5. The zero-order chi connectivity index (χ0) is 14.7. The van der Waals surface area contributed by atoms with Crippen LogP contribution in [0.5, 0.6) is 0 Å². The molecule has 0 aliphatic heterocycles. The first-order valence-corrected chi connectivity index (χ1v) is 6.31. The van der Waals surface area contributed by atoms with Gasteiger partial charge in [0.2, 0.25) is 5.95 Å². The lowest BCUT2D eigenvalue weighted by atomic mass is 10.2. The van der Waals surface area contributed by atoms with Crippen LogP contribution in [0.25, 0.3) is 11.2 Å². The fraction of sp³-hybridized carbons (Fsp3) is 0.583. The molecule has 0 spiro atoms. The third kappa shape index (κ3) is 2.52. The van der Waals surface area contributed by atoms with Crippen LogP contribution in [0, 0.1) is 5.92 Å². The molecule has 110 valence electrons. The number of aliphatic hydroxyl groups is 1. The van der Waals surface area contributed by atoms with E-state index in [9.17, 15) is 9.90 Å². The zero-order valence-electron chi connectivity index (χ0n) is 11.8. The van der Waals surface area contributed by atoms with E-state index in [2.05, 4.69) is 15.3 Å². The minimum atomic E-state index is -0.203. The number of nitrogens with one attached hydrogen (secondary N) is 1. The largest absolute Gasteiger partial charge is 0.396 e. The first-order valence-electron chi connectivity index (χ1n) is 6.31. The number of nitrogens with zero attached hydrogens (tertiary/aromatic N) is 4. The van der Waals surface area contributed by atoms with Crippen LogP contribution in [0.2, 0.25) is 0 Å². The fourth-order valence-corrected chi connectivity index (χ4v) is 2.11. The number of rotatable bonds is 6. The Morgan fingerprint density at radius 2 is 2.30 bits per heavy atom. The Balaban J connectivity index is 2.45. The average molecular weight is 281 g/mol. The van der Waals surface area contributed by atoms with Gasteiger partial charge in [-0.25, -0.2) is 4.98 Å². The molecule has 2 aromatic rings. The molecular formula is C12H19N5O3. The number of hydrogen-bond acceptors (Lipinski definition) is 6. The smallest absolute Gasteiger partial charge is 0.282 e. The molecule has 2 aromatic heterocycles. The molecule has 8 heteroatoms. The summed E-state index contributed by atoms with van der Waals surface area (Å²) >= 11 is 0. The predicted molar refractivity (Wildman–Crippen MR) is 74.8 cm³/mol. The summed E-state index contributed by atoms with van der Waals surface area (Å²) in [4.78, 5) is 20.6. The number of aromatic nitrogens is 4. The molecule has 0 aliphatic carbocycles. The first kappa shape index (κ1) is 14.5. The maximum absolute atomic E-state index is 12.1. The number of anilines is 1. The van der Waals surface area contributed by atoms with Crippen molar-refractivity contribution in [3.05, 3.63) is 16.7 Å². The number of hydrogen-bond donors (Lipinski definition) is 2. The monoisotopic (exact) mass is 281 g/mol. The maximum atomic E-state index is 12.1. The van der Waals surface area contributed by atoms with Crippen molar-refractivity contribution >= 4 is 17.1 Å². The van der Waals surface area contributed by atoms with E-state index < -0.39 is 0 Å². The minimum absolute atomic E-state index is 0.00274. The summed E-state index contributed by atoms with van der Waals surface area (Å²) in [6.07, 6.45) is 1.57. The summed E-state index contributed by atoms with van der Waals surface area (Å²) in [6, 6.07) is 0. The Kier molecular flexibility index (Phi) is 4.35. The lowest BCUT2D eigenvalue weighted by Crippen LogP contribution is -2.23. The summed E-state index contributed by atoms with van der Waals surface area (Å²) < 4.78 is 8.23. The molecule has 0 fully saturated rings. The molecule has 2 heterocycles. The van der Waals surface area contributed by atoms with E-state index >= 15 is 0 Å². The van der Waals surface area contributed by atoms with Crippen LogP contribution < -0.4 is 10.9 Å². The zero-order valence-corrected chi connectivity index (χ0v) is 11.8. The first-order chi connectivity index (χ1) is 9.62. The number of methoxy groups -OCH3 is 1. The standard InChI is InChI=1S/C12H19N5O3/c1-13-12-15-10-9(11(19)16(12)2)14-7-17(10)4-8(5-18)6-20-3/h7-8,18H,4-6H2,1-3H3,(H,13,15)/t8-/m1/s1. The van der Waals surface area contributed by atoms with E-state index in [0.29, 0.717) is 30.3 Å². The summed E-state index contributed by atoms with van der Waals surface area (Å²) in [5.41, 5.74) is 0.623. The van der Waals surface area contributed by atoms with E-state index in [4.69, 9.17) is 4.74 Å². The van der Waals surface area contributed by atoms with E-state index in [1.165, 1.54) is 4.57 Å². The van der Waals surface area contributed by atoms with Gasteiger partial charge in [0, 0.05) is 40.3 Å². The molecule has 0 amide bonds. The van der Waals surface area contributed by atoms with Gasteiger partial charge in [0.15, 0.2) is 11.2 Å². The second kappa shape index (κ2) is 6.02. The second-order valence-corrected chi connectivity index (χ2v) is 4.62. The van der Waals surface area contributed by atoms with Gasteiger partial charge < -0.3 is 19.7 Å².